The zero-order valence-corrected chi connectivity index (χ0v) is 11.6. The SMILES string of the molecule is Cn1cc(CCC(N)CCC2CCCCC2)cn1. The molecule has 3 heteroatoms. The van der Waals surface area contributed by atoms with E-state index in [1.165, 1.54) is 50.5 Å². The number of aryl methyl sites for hydroxylation is 2. The molecule has 0 aliphatic heterocycles. The van der Waals surface area contributed by atoms with Gasteiger partial charge in [-0.25, -0.2) is 0 Å². The molecule has 1 aromatic heterocycles. The Balaban J connectivity index is 1.61. The van der Waals surface area contributed by atoms with Gasteiger partial charge in [-0.2, -0.15) is 5.10 Å². The molecule has 0 amide bonds. The first-order chi connectivity index (χ1) is 8.74. The Morgan fingerprint density at radius 1 is 1.33 bits per heavy atom. The first kappa shape index (κ1) is 13.6. The van der Waals surface area contributed by atoms with Crippen LogP contribution in [0.15, 0.2) is 12.4 Å². The van der Waals surface area contributed by atoms with Crippen LogP contribution in [0.25, 0.3) is 0 Å². The summed E-state index contributed by atoms with van der Waals surface area (Å²) in [6, 6.07) is 0.368. The lowest BCUT2D eigenvalue weighted by Crippen LogP contribution is -2.22. The van der Waals surface area contributed by atoms with E-state index < -0.39 is 0 Å². The Morgan fingerprint density at radius 2 is 2.11 bits per heavy atom. The predicted octanol–water partition coefficient (Wildman–Crippen LogP) is 3.04. The molecule has 102 valence electrons. The topological polar surface area (TPSA) is 43.8 Å². The minimum atomic E-state index is 0.368. The van der Waals surface area contributed by atoms with Crippen LogP contribution < -0.4 is 5.73 Å². The van der Waals surface area contributed by atoms with Gasteiger partial charge in [0, 0.05) is 19.3 Å². The molecule has 0 spiro atoms. The maximum absolute atomic E-state index is 6.22. The Hall–Kier alpha value is -0.830. The summed E-state index contributed by atoms with van der Waals surface area (Å²) in [7, 11) is 1.96. The van der Waals surface area contributed by atoms with E-state index in [0.717, 1.165) is 18.8 Å². The Labute approximate surface area is 111 Å². The van der Waals surface area contributed by atoms with E-state index in [-0.39, 0.29) is 0 Å². The smallest absolute Gasteiger partial charge is 0.0521 e. The molecular formula is C15H27N3. The van der Waals surface area contributed by atoms with Gasteiger partial charge in [0.05, 0.1) is 6.20 Å². The largest absolute Gasteiger partial charge is 0.328 e. The van der Waals surface area contributed by atoms with Crippen LogP contribution in [0.2, 0.25) is 0 Å². The van der Waals surface area contributed by atoms with Crippen molar-refractivity contribution in [1.29, 1.82) is 0 Å². The minimum absolute atomic E-state index is 0.368. The number of nitrogens with zero attached hydrogens (tertiary/aromatic N) is 2. The molecule has 1 unspecified atom stereocenters. The number of nitrogens with two attached hydrogens (primary N) is 1. The normalized spacial score (nSPS) is 19.0. The van der Waals surface area contributed by atoms with Crippen molar-refractivity contribution in [3.05, 3.63) is 18.0 Å². The summed E-state index contributed by atoms with van der Waals surface area (Å²) < 4.78 is 1.86. The van der Waals surface area contributed by atoms with Gasteiger partial charge in [-0.15, -0.1) is 0 Å². The van der Waals surface area contributed by atoms with Crippen LogP contribution in [0.4, 0.5) is 0 Å². The molecule has 1 aliphatic carbocycles. The lowest BCUT2D eigenvalue weighted by Gasteiger charge is -2.22. The number of aromatic nitrogens is 2. The zero-order chi connectivity index (χ0) is 12.8. The molecule has 3 nitrogen and oxygen atoms in total. The average molecular weight is 249 g/mol. The van der Waals surface area contributed by atoms with Gasteiger partial charge >= 0.3 is 0 Å². The Kier molecular flexibility index (Phi) is 5.24. The molecular weight excluding hydrogens is 222 g/mol. The van der Waals surface area contributed by atoms with Crippen LogP contribution in [0.1, 0.15) is 56.9 Å². The van der Waals surface area contributed by atoms with Crippen molar-refractivity contribution in [3.63, 3.8) is 0 Å². The highest BCUT2D eigenvalue weighted by Gasteiger charge is 2.14. The van der Waals surface area contributed by atoms with Crippen molar-refractivity contribution < 1.29 is 0 Å². The maximum atomic E-state index is 6.22. The molecule has 2 rings (SSSR count). The first-order valence-electron chi connectivity index (χ1n) is 7.47. The van der Waals surface area contributed by atoms with E-state index in [1.54, 1.807) is 0 Å². The summed E-state index contributed by atoms with van der Waals surface area (Å²) in [4.78, 5) is 0. The second-order valence-electron chi connectivity index (χ2n) is 5.90. The third-order valence-electron chi connectivity index (χ3n) is 4.23. The standard InChI is InChI=1S/C15H27N3/c1-18-12-14(11-17-18)8-10-15(16)9-7-13-5-3-2-4-6-13/h11-13,15H,2-10,16H2,1H3. The summed E-state index contributed by atoms with van der Waals surface area (Å²) in [5.41, 5.74) is 7.53. The van der Waals surface area contributed by atoms with Gasteiger partial charge < -0.3 is 5.73 Å². The quantitative estimate of drug-likeness (QED) is 0.842. The van der Waals surface area contributed by atoms with Crippen molar-refractivity contribution >= 4 is 0 Å². The van der Waals surface area contributed by atoms with Crippen LogP contribution in [0.5, 0.6) is 0 Å². The van der Waals surface area contributed by atoms with Gasteiger partial charge in [0.1, 0.15) is 0 Å². The van der Waals surface area contributed by atoms with E-state index in [2.05, 4.69) is 11.3 Å². The van der Waals surface area contributed by atoms with Crippen molar-refractivity contribution in [1.82, 2.24) is 9.78 Å². The maximum Gasteiger partial charge on any atom is 0.0521 e. The Morgan fingerprint density at radius 3 is 2.78 bits per heavy atom. The second kappa shape index (κ2) is 6.93. The van der Waals surface area contributed by atoms with Gasteiger partial charge in [-0.1, -0.05) is 32.1 Å². The third kappa shape index (κ3) is 4.45. The predicted molar refractivity (Wildman–Crippen MR) is 75.3 cm³/mol. The molecule has 0 radical (unpaired) electrons. The van der Waals surface area contributed by atoms with E-state index in [0.29, 0.717) is 6.04 Å². The summed E-state index contributed by atoms with van der Waals surface area (Å²) in [5, 5.41) is 4.19. The van der Waals surface area contributed by atoms with Crippen molar-refractivity contribution in [2.24, 2.45) is 18.7 Å². The lowest BCUT2D eigenvalue weighted by atomic mass is 9.85. The minimum Gasteiger partial charge on any atom is -0.328 e. The summed E-state index contributed by atoms with van der Waals surface area (Å²) >= 11 is 0. The lowest BCUT2D eigenvalue weighted by molar-refractivity contribution is 0.321. The fourth-order valence-electron chi connectivity index (χ4n) is 3.02. The van der Waals surface area contributed by atoms with Crippen LogP contribution >= 0.6 is 0 Å². The van der Waals surface area contributed by atoms with Crippen LogP contribution in [-0.4, -0.2) is 15.8 Å². The van der Waals surface area contributed by atoms with E-state index in [4.69, 9.17) is 5.73 Å². The van der Waals surface area contributed by atoms with Gasteiger partial charge in [-0.05, 0) is 37.2 Å². The molecule has 1 heterocycles. The summed E-state index contributed by atoms with van der Waals surface area (Å²) in [6.07, 6.45) is 16.0. The fourth-order valence-corrected chi connectivity index (χ4v) is 3.02. The van der Waals surface area contributed by atoms with Crippen molar-refractivity contribution in [2.45, 2.75) is 63.8 Å². The number of hydrogen-bond acceptors (Lipinski definition) is 2. The highest BCUT2D eigenvalue weighted by molar-refractivity contribution is 5.03. The highest BCUT2D eigenvalue weighted by Crippen LogP contribution is 2.27. The van der Waals surface area contributed by atoms with Crippen molar-refractivity contribution in [3.8, 4) is 0 Å². The molecule has 1 saturated carbocycles. The van der Waals surface area contributed by atoms with Gasteiger partial charge in [0.25, 0.3) is 0 Å². The fraction of sp³-hybridized carbons (Fsp3) is 0.800. The molecule has 1 fully saturated rings. The molecule has 1 aromatic rings. The molecule has 1 aliphatic rings. The van der Waals surface area contributed by atoms with Gasteiger partial charge in [-0.3, -0.25) is 4.68 Å². The average Bonchev–Trinajstić information content (AvgIpc) is 2.81. The number of rotatable bonds is 6. The molecule has 18 heavy (non-hydrogen) atoms. The molecule has 0 bridgehead atoms. The Bertz CT molecular complexity index is 339. The van der Waals surface area contributed by atoms with Crippen LogP contribution in [0, 0.1) is 5.92 Å². The van der Waals surface area contributed by atoms with E-state index >= 15 is 0 Å². The summed E-state index contributed by atoms with van der Waals surface area (Å²) in [5.74, 6) is 0.961. The first-order valence-corrected chi connectivity index (χ1v) is 7.47. The second-order valence-corrected chi connectivity index (χ2v) is 5.90. The van der Waals surface area contributed by atoms with Crippen LogP contribution in [0.3, 0.4) is 0 Å². The monoisotopic (exact) mass is 249 g/mol. The third-order valence-corrected chi connectivity index (χ3v) is 4.23. The van der Waals surface area contributed by atoms with Gasteiger partial charge in [0.15, 0.2) is 0 Å². The zero-order valence-electron chi connectivity index (χ0n) is 11.6. The number of hydrogen-bond donors (Lipinski definition) is 1. The van der Waals surface area contributed by atoms with Crippen molar-refractivity contribution in [2.75, 3.05) is 0 Å². The molecule has 0 saturated heterocycles. The highest BCUT2D eigenvalue weighted by atomic mass is 15.2. The van der Waals surface area contributed by atoms with E-state index in [1.807, 2.05) is 17.9 Å². The summed E-state index contributed by atoms with van der Waals surface area (Å²) in [6.45, 7) is 0. The molecule has 0 aromatic carbocycles. The van der Waals surface area contributed by atoms with E-state index in [9.17, 15) is 0 Å². The molecule has 1 atom stereocenters. The van der Waals surface area contributed by atoms with Crippen LogP contribution in [-0.2, 0) is 13.5 Å². The molecule has 2 N–H and O–H groups in total. The van der Waals surface area contributed by atoms with Gasteiger partial charge in [0.2, 0.25) is 0 Å².